The van der Waals surface area contributed by atoms with Crippen LogP contribution in [0.2, 0.25) is 0 Å². The van der Waals surface area contributed by atoms with Crippen LogP contribution in [0.15, 0.2) is 36.4 Å². The van der Waals surface area contributed by atoms with E-state index < -0.39 is 6.04 Å². The largest absolute Gasteiger partial charge is 0.508 e. The van der Waals surface area contributed by atoms with Crippen molar-refractivity contribution in [2.75, 3.05) is 5.32 Å². The zero-order valence-electron chi connectivity index (χ0n) is 13.6. The summed E-state index contributed by atoms with van der Waals surface area (Å²) < 4.78 is 12.9. The molecule has 2 aromatic carbocycles. The topological polar surface area (TPSA) is 73.4 Å². The number of aryl methyl sites for hydroxylation is 2. The minimum atomic E-state index is -0.443. The molecular formula is C18H20FN3O2. The number of carbonyl (C=O) groups excluding carboxylic acids is 1. The Morgan fingerprint density at radius 1 is 1.17 bits per heavy atom. The summed E-state index contributed by atoms with van der Waals surface area (Å²) in [6.07, 6.45) is 0.503. The molecule has 126 valence electrons. The number of phenols is 1. The van der Waals surface area contributed by atoms with Gasteiger partial charge in [-0.1, -0.05) is 6.07 Å². The maximum absolute atomic E-state index is 12.9. The number of amides is 1. The Kier molecular flexibility index (Phi) is 4.51. The van der Waals surface area contributed by atoms with Crippen molar-refractivity contribution in [3.05, 3.63) is 58.9 Å². The quantitative estimate of drug-likeness (QED) is 0.699. The first-order valence-electron chi connectivity index (χ1n) is 7.81. The lowest BCUT2D eigenvalue weighted by Crippen LogP contribution is -2.39. The Morgan fingerprint density at radius 3 is 2.54 bits per heavy atom. The van der Waals surface area contributed by atoms with E-state index in [9.17, 15) is 14.3 Å². The smallest absolute Gasteiger partial charge is 0.242 e. The molecule has 1 aliphatic rings. The fourth-order valence-electron chi connectivity index (χ4n) is 2.80. The maximum Gasteiger partial charge on any atom is 0.242 e. The van der Waals surface area contributed by atoms with E-state index in [4.69, 9.17) is 0 Å². The van der Waals surface area contributed by atoms with Crippen LogP contribution in [0.1, 0.15) is 29.2 Å². The minimum Gasteiger partial charge on any atom is -0.508 e. The molecule has 1 aliphatic heterocycles. The normalized spacial score (nSPS) is 20.1. The number of benzene rings is 2. The van der Waals surface area contributed by atoms with Gasteiger partial charge in [0.25, 0.3) is 0 Å². The summed E-state index contributed by atoms with van der Waals surface area (Å²) in [7, 11) is 0. The summed E-state index contributed by atoms with van der Waals surface area (Å²) >= 11 is 0. The molecular weight excluding hydrogens is 309 g/mol. The van der Waals surface area contributed by atoms with Crippen molar-refractivity contribution in [3.63, 3.8) is 0 Å². The van der Waals surface area contributed by atoms with Gasteiger partial charge in [-0.15, -0.1) is 0 Å². The number of anilines is 1. The molecule has 2 aromatic rings. The fraction of sp³-hybridized carbons (Fsp3) is 0.278. The van der Waals surface area contributed by atoms with Gasteiger partial charge in [-0.05, 0) is 61.7 Å². The number of carbonyl (C=O) groups is 1. The van der Waals surface area contributed by atoms with Gasteiger partial charge in [0.1, 0.15) is 17.6 Å². The van der Waals surface area contributed by atoms with Crippen molar-refractivity contribution in [3.8, 4) is 5.75 Å². The molecule has 0 aromatic heterocycles. The number of rotatable bonds is 3. The molecule has 3 rings (SSSR count). The molecule has 5 nitrogen and oxygen atoms in total. The predicted molar refractivity (Wildman–Crippen MR) is 90.0 cm³/mol. The van der Waals surface area contributed by atoms with Crippen LogP contribution >= 0.6 is 0 Å². The first kappa shape index (κ1) is 16.4. The second-order valence-electron chi connectivity index (χ2n) is 6.12. The molecule has 0 radical (unpaired) electrons. The van der Waals surface area contributed by atoms with Crippen LogP contribution in [0, 0.1) is 19.7 Å². The molecule has 1 saturated heterocycles. The van der Waals surface area contributed by atoms with Crippen LogP contribution < -0.4 is 16.2 Å². The molecule has 0 spiro atoms. The van der Waals surface area contributed by atoms with Gasteiger partial charge in [0, 0.05) is 11.3 Å². The molecule has 1 fully saturated rings. The highest BCUT2D eigenvalue weighted by atomic mass is 19.1. The van der Waals surface area contributed by atoms with Crippen LogP contribution in [0.3, 0.4) is 0 Å². The number of halogens is 1. The molecule has 0 saturated carbocycles. The van der Waals surface area contributed by atoms with E-state index in [2.05, 4.69) is 16.2 Å². The Balaban J connectivity index is 1.67. The van der Waals surface area contributed by atoms with E-state index >= 15 is 0 Å². The van der Waals surface area contributed by atoms with Gasteiger partial charge in [0.15, 0.2) is 0 Å². The summed E-state index contributed by atoms with van der Waals surface area (Å²) in [5, 5.41) is 12.9. The van der Waals surface area contributed by atoms with E-state index in [0.717, 1.165) is 16.7 Å². The number of phenolic OH excluding ortho intramolecular Hbond substituents is 1. The number of hydrogen-bond donors (Lipinski definition) is 4. The lowest BCUT2D eigenvalue weighted by atomic mass is 9.97. The minimum absolute atomic E-state index is 0.159. The third kappa shape index (κ3) is 3.39. The molecule has 1 amide bonds. The van der Waals surface area contributed by atoms with Crippen molar-refractivity contribution in [2.24, 2.45) is 0 Å². The molecule has 6 heteroatoms. The van der Waals surface area contributed by atoms with E-state index in [1.807, 2.05) is 19.9 Å². The van der Waals surface area contributed by atoms with Crippen molar-refractivity contribution in [2.45, 2.75) is 32.4 Å². The van der Waals surface area contributed by atoms with Gasteiger partial charge in [-0.3, -0.25) is 4.79 Å². The first-order chi connectivity index (χ1) is 11.4. The van der Waals surface area contributed by atoms with Crippen LogP contribution in [-0.2, 0) is 4.79 Å². The van der Waals surface area contributed by atoms with E-state index in [-0.39, 0.29) is 23.5 Å². The summed E-state index contributed by atoms with van der Waals surface area (Å²) in [6, 6.07) is 8.69. The number of hydrazine groups is 1. The Labute approximate surface area is 139 Å². The predicted octanol–water partition coefficient (Wildman–Crippen LogP) is 2.69. The average molecular weight is 329 g/mol. The van der Waals surface area contributed by atoms with Gasteiger partial charge in [0.2, 0.25) is 5.91 Å². The van der Waals surface area contributed by atoms with Gasteiger partial charge >= 0.3 is 0 Å². The number of aromatic hydroxyl groups is 1. The lowest BCUT2D eigenvalue weighted by Gasteiger charge is -2.14. The van der Waals surface area contributed by atoms with Gasteiger partial charge in [-0.25, -0.2) is 15.2 Å². The maximum atomic E-state index is 12.9. The zero-order valence-corrected chi connectivity index (χ0v) is 13.6. The standard InChI is InChI=1S/C18H20FN3O2/c1-10-7-14(17(23)8-11(10)2)15-9-16(22-21-15)18(24)20-13-5-3-12(19)4-6-13/h3-8,15-16,21-23H,9H2,1-2H3,(H,20,24). The van der Waals surface area contributed by atoms with Crippen LogP contribution in [0.4, 0.5) is 10.1 Å². The Hall–Kier alpha value is -2.44. The Bertz CT molecular complexity index is 762. The molecule has 1 heterocycles. The van der Waals surface area contributed by atoms with Gasteiger partial charge in [-0.2, -0.15) is 0 Å². The summed E-state index contributed by atoms with van der Waals surface area (Å²) in [5.74, 6) is -0.337. The monoisotopic (exact) mass is 329 g/mol. The second-order valence-corrected chi connectivity index (χ2v) is 6.12. The summed E-state index contributed by atoms with van der Waals surface area (Å²) in [4.78, 5) is 12.3. The molecule has 24 heavy (non-hydrogen) atoms. The summed E-state index contributed by atoms with van der Waals surface area (Å²) in [6.45, 7) is 3.93. The van der Waals surface area contributed by atoms with Gasteiger partial charge in [0.05, 0.1) is 6.04 Å². The third-order valence-electron chi connectivity index (χ3n) is 4.35. The van der Waals surface area contributed by atoms with E-state index in [1.54, 1.807) is 6.07 Å². The number of hydrogen-bond acceptors (Lipinski definition) is 4. The average Bonchev–Trinajstić information content (AvgIpc) is 3.03. The highest BCUT2D eigenvalue weighted by Crippen LogP contribution is 2.32. The van der Waals surface area contributed by atoms with Crippen molar-refractivity contribution in [1.82, 2.24) is 10.9 Å². The zero-order chi connectivity index (χ0) is 17.3. The third-order valence-corrected chi connectivity index (χ3v) is 4.35. The van der Waals surface area contributed by atoms with Crippen molar-refractivity contribution < 1.29 is 14.3 Å². The SMILES string of the molecule is Cc1cc(O)c(C2CC(C(=O)Nc3ccc(F)cc3)NN2)cc1C. The van der Waals surface area contributed by atoms with Gasteiger partial charge < -0.3 is 10.4 Å². The highest BCUT2D eigenvalue weighted by molar-refractivity contribution is 5.95. The summed E-state index contributed by atoms with van der Waals surface area (Å²) in [5.41, 5.74) is 9.42. The molecule has 2 unspecified atom stereocenters. The molecule has 2 atom stereocenters. The Morgan fingerprint density at radius 2 is 1.83 bits per heavy atom. The van der Waals surface area contributed by atoms with Crippen LogP contribution in [0.25, 0.3) is 0 Å². The highest BCUT2D eigenvalue weighted by Gasteiger charge is 2.31. The van der Waals surface area contributed by atoms with Crippen molar-refractivity contribution >= 4 is 11.6 Å². The molecule has 0 bridgehead atoms. The van der Waals surface area contributed by atoms with E-state index in [1.165, 1.54) is 24.3 Å². The number of nitrogens with one attached hydrogen (secondary N) is 3. The van der Waals surface area contributed by atoms with Crippen LogP contribution in [0.5, 0.6) is 5.75 Å². The second kappa shape index (κ2) is 6.59. The molecule has 4 N–H and O–H groups in total. The molecule has 0 aliphatic carbocycles. The lowest BCUT2D eigenvalue weighted by molar-refractivity contribution is -0.117. The first-order valence-corrected chi connectivity index (χ1v) is 7.81. The van der Waals surface area contributed by atoms with E-state index in [0.29, 0.717) is 12.1 Å². The fourth-order valence-corrected chi connectivity index (χ4v) is 2.80. The van der Waals surface area contributed by atoms with Crippen molar-refractivity contribution in [1.29, 1.82) is 0 Å². The van der Waals surface area contributed by atoms with Crippen LogP contribution in [-0.4, -0.2) is 17.1 Å².